The first-order valence-electron chi connectivity index (χ1n) is 2.12. The molecule has 0 aliphatic rings. The fourth-order valence-corrected chi connectivity index (χ4v) is 1.05. The van der Waals surface area contributed by atoms with Gasteiger partial charge in [0.05, 0.1) is 0 Å². The van der Waals surface area contributed by atoms with E-state index in [0.29, 0.717) is 0 Å². The molecule has 0 rings (SSSR count). The van der Waals surface area contributed by atoms with Gasteiger partial charge in [0, 0.05) is 7.83 Å². The molecule has 0 spiro atoms. The Morgan fingerprint density at radius 2 is 1.43 bits per heavy atom. The van der Waals surface area contributed by atoms with E-state index in [9.17, 15) is 9.59 Å². The molecule has 0 atom stereocenters. The number of carbonyl (C=O) groups is 2. The van der Waals surface area contributed by atoms with Crippen LogP contribution in [0.4, 0.5) is 0 Å². The molecule has 0 bridgehead atoms. The van der Waals surface area contributed by atoms with Gasteiger partial charge in [-0.05, 0) is 13.8 Å². The Bertz CT molecular complexity index is 85.9. The summed E-state index contributed by atoms with van der Waals surface area (Å²) >= 11 is -0.997. The Labute approximate surface area is 52.0 Å². The van der Waals surface area contributed by atoms with Crippen LogP contribution in [0.2, 0.25) is 0 Å². The van der Waals surface area contributed by atoms with Crippen molar-refractivity contribution in [2.45, 2.75) is 13.8 Å². The monoisotopic (exact) mass is 110 g/mol. The maximum atomic E-state index is 10.1. The maximum absolute atomic E-state index is 10.1. The molecule has 0 radical (unpaired) electrons. The molecule has 0 heterocycles. The predicted molar refractivity (Wildman–Crippen MR) is 27.1 cm³/mol. The molecular formula is C4H6MgO2. The summed E-state index contributed by atoms with van der Waals surface area (Å²) in [4.78, 5) is 20.2. The molecule has 0 fully saturated rings. The lowest BCUT2D eigenvalue weighted by Crippen LogP contribution is -2.12. The number of rotatable bonds is 2. The van der Waals surface area contributed by atoms with Crippen molar-refractivity contribution >= 4 is 28.2 Å². The summed E-state index contributed by atoms with van der Waals surface area (Å²) in [6.45, 7) is 2.93. The first-order valence-corrected chi connectivity index (χ1v) is 3.53. The van der Waals surface area contributed by atoms with Gasteiger partial charge in [0.25, 0.3) is 0 Å². The molecule has 0 saturated carbocycles. The quantitative estimate of drug-likeness (QED) is 0.461. The number of hydrogen-bond acceptors (Lipinski definition) is 2. The fourth-order valence-electron chi connectivity index (χ4n) is 0.351. The van der Waals surface area contributed by atoms with Crippen molar-refractivity contribution < 1.29 is 9.59 Å². The standard InChI is InChI=1S/2C2H3O.Mg/c2*1-2-3;/h2*1H3;. The third kappa shape index (κ3) is 6.11. The second-order valence-electron chi connectivity index (χ2n) is 1.58. The summed E-state index contributed by atoms with van der Waals surface area (Å²) in [6.07, 6.45) is 0. The highest BCUT2D eigenvalue weighted by Crippen LogP contribution is 1.65. The second kappa shape index (κ2) is 3.15. The van der Waals surface area contributed by atoms with Crippen molar-refractivity contribution in [3.8, 4) is 0 Å². The van der Waals surface area contributed by atoms with Gasteiger partial charge in [0.1, 0.15) is 0 Å². The van der Waals surface area contributed by atoms with Gasteiger partial charge in [0.2, 0.25) is 0 Å². The van der Waals surface area contributed by atoms with Crippen LogP contribution in [0.25, 0.3) is 0 Å². The highest BCUT2D eigenvalue weighted by Gasteiger charge is 2.05. The third-order valence-electron chi connectivity index (χ3n) is 0.498. The molecule has 0 unspecified atom stereocenters. The highest BCUT2D eigenvalue weighted by atomic mass is 24.5. The van der Waals surface area contributed by atoms with Crippen LogP contribution in [0, 0.1) is 0 Å². The molecule has 0 aromatic heterocycles. The van der Waals surface area contributed by atoms with Crippen LogP contribution in [0.1, 0.15) is 13.8 Å². The van der Waals surface area contributed by atoms with Gasteiger partial charge in [-0.25, -0.2) is 0 Å². The zero-order chi connectivity index (χ0) is 5.86. The van der Waals surface area contributed by atoms with Gasteiger partial charge >= 0.3 is 20.4 Å². The van der Waals surface area contributed by atoms with Crippen molar-refractivity contribution in [1.82, 2.24) is 0 Å². The van der Waals surface area contributed by atoms with E-state index in [4.69, 9.17) is 0 Å². The largest absolute Gasteiger partial charge is 0.565 e. The first-order chi connectivity index (χ1) is 3.13. The molecule has 0 N–H and O–H groups in total. The van der Waals surface area contributed by atoms with Gasteiger partial charge in [-0.3, -0.25) is 0 Å². The minimum atomic E-state index is -0.997. The van der Waals surface area contributed by atoms with Crippen LogP contribution in [0.5, 0.6) is 0 Å². The number of hydrogen-bond donors (Lipinski definition) is 0. The van der Waals surface area contributed by atoms with Crippen molar-refractivity contribution in [3.63, 3.8) is 0 Å². The van der Waals surface area contributed by atoms with E-state index in [2.05, 4.69) is 0 Å². The Hall–Kier alpha value is 0.106. The van der Waals surface area contributed by atoms with Gasteiger partial charge in [-0.2, -0.15) is 0 Å². The lowest BCUT2D eigenvalue weighted by atomic mass is 10.9. The van der Waals surface area contributed by atoms with Crippen LogP contribution in [0.15, 0.2) is 0 Å². The van der Waals surface area contributed by atoms with Crippen LogP contribution in [-0.2, 0) is 9.59 Å². The number of carbonyl (C=O) groups excluding carboxylic acids is 2. The molecule has 3 heteroatoms. The fraction of sp³-hybridized carbons (Fsp3) is 0.500. The molecule has 0 aliphatic carbocycles. The predicted octanol–water partition coefficient (Wildman–Crippen LogP) is -0.216. The Morgan fingerprint density at radius 1 is 1.14 bits per heavy atom. The average molecular weight is 110 g/mol. The minimum absolute atomic E-state index is 0.0764. The van der Waals surface area contributed by atoms with Crippen LogP contribution >= 0.6 is 0 Å². The maximum Gasteiger partial charge on any atom is 0.565 e. The van der Waals surface area contributed by atoms with E-state index < -0.39 is 20.4 Å². The molecular weight excluding hydrogens is 104 g/mol. The van der Waals surface area contributed by atoms with E-state index in [1.54, 1.807) is 0 Å². The van der Waals surface area contributed by atoms with E-state index in [1.165, 1.54) is 13.8 Å². The summed E-state index contributed by atoms with van der Waals surface area (Å²) in [7, 11) is 0. The van der Waals surface area contributed by atoms with E-state index in [1.807, 2.05) is 0 Å². The zero-order valence-corrected chi connectivity index (χ0v) is 5.94. The Kier molecular flexibility index (Phi) is 3.20. The third-order valence-corrected chi connectivity index (χ3v) is 1.49. The summed E-state index contributed by atoms with van der Waals surface area (Å²) < 4.78 is 0.153. The molecule has 0 aromatic carbocycles. The molecule has 0 aromatic rings. The highest BCUT2D eigenvalue weighted by molar-refractivity contribution is 6.96. The topological polar surface area (TPSA) is 34.1 Å². The van der Waals surface area contributed by atoms with E-state index in [0.717, 1.165) is 0 Å². The summed E-state index contributed by atoms with van der Waals surface area (Å²) in [6, 6.07) is 0. The van der Waals surface area contributed by atoms with Gasteiger partial charge in [-0.15, -0.1) is 0 Å². The van der Waals surface area contributed by atoms with E-state index >= 15 is 0 Å². The molecule has 0 saturated heterocycles. The van der Waals surface area contributed by atoms with Crippen molar-refractivity contribution in [3.05, 3.63) is 0 Å². The van der Waals surface area contributed by atoms with Crippen molar-refractivity contribution in [1.29, 1.82) is 0 Å². The minimum Gasteiger partial charge on any atom is -0.335 e. The summed E-state index contributed by atoms with van der Waals surface area (Å²) in [5.74, 6) is 0. The average Bonchev–Trinajstić information content (AvgIpc) is 1.27. The van der Waals surface area contributed by atoms with Crippen molar-refractivity contribution in [2.75, 3.05) is 0 Å². The van der Waals surface area contributed by atoms with E-state index in [-0.39, 0.29) is 7.83 Å². The Balaban J connectivity index is 3.32. The lowest BCUT2D eigenvalue weighted by molar-refractivity contribution is -0.113. The molecule has 7 heavy (non-hydrogen) atoms. The van der Waals surface area contributed by atoms with Crippen molar-refractivity contribution in [2.24, 2.45) is 0 Å². The van der Waals surface area contributed by atoms with Gasteiger partial charge < -0.3 is 9.59 Å². The molecule has 0 aliphatic heterocycles. The molecule has 2 nitrogen and oxygen atoms in total. The summed E-state index contributed by atoms with van der Waals surface area (Å²) in [5.41, 5.74) is 0. The lowest BCUT2D eigenvalue weighted by Gasteiger charge is -1.77. The normalized spacial score (nSPS) is 7.14. The van der Waals surface area contributed by atoms with Crippen LogP contribution < -0.4 is 0 Å². The SMILES string of the molecule is C[C](=O)[Mg][C](C)=O. The first kappa shape index (κ1) is 7.11. The van der Waals surface area contributed by atoms with Crippen LogP contribution in [0.3, 0.4) is 0 Å². The van der Waals surface area contributed by atoms with Gasteiger partial charge in [0.15, 0.2) is 0 Å². The summed E-state index contributed by atoms with van der Waals surface area (Å²) in [5, 5.41) is 0. The molecule has 36 valence electrons. The Morgan fingerprint density at radius 3 is 1.43 bits per heavy atom. The molecule has 0 amide bonds. The van der Waals surface area contributed by atoms with Gasteiger partial charge in [-0.1, -0.05) is 0 Å². The second-order valence-corrected chi connectivity index (χ2v) is 3.93. The zero-order valence-electron chi connectivity index (χ0n) is 4.52. The van der Waals surface area contributed by atoms with Crippen LogP contribution in [-0.4, -0.2) is 28.2 Å². The smallest absolute Gasteiger partial charge is 0.335 e.